The molecule has 1 aliphatic heterocycles. The molecule has 3 aromatic carbocycles. The molecule has 34 heavy (non-hydrogen) atoms. The molecule has 1 aliphatic rings. The minimum absolute atomic E-state index is 0.322. The first-order chi connectivity index (χ1) is 16.6. The van der Waals surface area contributed by atoms with Crippen molar-refractivity contribution in [1.29, 1.82) is 0 Å². The molecule has 2 heterocycles. The summed E-state index contributed by atoms with van der Waals surface area (Å²) in [4.78, 5) is 21.1. The quantitative estimate of drug-likeness (QED) is 0.397. The maximum Gasteiger partial charge on any atom is 0.320 e. The Morgan fingerprint density at radius 3 is 2.18 bits per heavy atom. The number of methoxy groups -OCH3 is 3. The number of imidazole rings is 1. The predicted molar refractivity (Wildman–Crippen MR) is 130 cm³/mol. The van der Waals surface area contributed by atoms with Crippen LogP contribution in [0.3, 0.4) is 0 Å². The van der Waals surface area contributed by atoms with Crippen LogP contribution in [0.25, 0.3) is 22.3 Å². The monoisotopic (exact) mass is 456 g/mol. The maximum absolute atomic E-state index is 12.8. The number of fused-ring (bicyclic) bond motifs is 1. The van der Waals surface area contributed by atoms with E-state index in [2.05, 4.69) is 15.6 Å². The van der Waals surface area contributed by atoms with Crippen LogP contribution >= 0.6 is 0 Å². The number of para-hydroxylation sites is 2. The fourth-order valence-electron chi connectivity index (χ4n) is 4.25. The van der Waals surface area contributed by atoms with E-state index < -0.39 is 6.04 Å². The summed E-state index contributed by atoms with van der Waals surface area (Å²) < 4.78 is 16.6. The molecule has 0 saturated carbocycles. The van der Waals surface area contributed by atoms with Crippen LogP contribution in [-0.2, 0) is 0 Å². The van der Waals surface area contributed by atoms with Gasteiger partial charge < -0.3 is 29.8 Å². The van der Waals surface area contributed by atoms with Crippen molar-refractivity contribution in [2.24, 2.45) is 0 Å². The lowest BCUT2D eigenvalue weighted by molar-refractivity contribution is 0.242. The third kappa shape index (κ3) is 3.69. The molecule has 4 aromatic rings. The van der Waals surface area contributed by atoms with Crippen molar-refractivity contribution in [3.8, 4) is 17.2 Å². The number of nitrogens with one attached hydrogen (secondary N) is 3. The number of hydrogen-bond acceptors (Lipinski definition) is 5. The van der Waals surface area contributed by atoms with Gasteiger partial charge in [0, 0.05) is 5.57 Å². The number of amides is 2. The molecule has 5 rings (SSSR count). The lowest BCUT2D eigenvalue weighted by atomic mass is 9.91. The number of hydrogen-bond donors (Lipinski definition) is 3. The van der Waals surface area contributed by atoms with Gasteiger partial charge in [0.15, 0.2) is 11.5 Å². The van der Waals surface area contributed by atoms with Crippen molar-refractivity contribution in [2.75, 3.05) is 21.3 Å². The van der Waals surface area contributed by atoms with Gasteiger partial charge in [0.25, 0.3) is 0 Å². The van der Waals surface area contributed by atoms with Crippen molar-refractivity contribution in [1.82, 2.24) is 20.6 Å². The molecule has 0 aliphatic carbocycles. The van der Waals surface area contributed by atoms with E-state index in [1.807, 2.05) is 66.7 Å². The highest BCUT2D eigenvalue weighted by atomic mass is 16.5. The lowest BCUT2D eigenvalue weighted by Crippen LogP contribution is -2.43. The topological polar surface area (TPSA) is 97.5 Å². The van der Waals surface area contributed by atoms with E-state index in [1.165, 1.54) is 0 Å². The smallest absolute Gasteiger partial charge is 0.320 e. The first-order valence-corrected chi connectivity index (χ1v) is 10.7. The fraction of sp³-hybridized carbons (Fsp3) is 0.154. The second-order valence-electron chi connectivity index (χ2n) is 7.75. The van der Waals surface area contributed by atoms with Crippen molar-refractivity contribution >= 4 is 28.3 Å². The highest BCUT2D eigenvalue weighted by Gasteiger charge is 2.33. The van der Waals surface area contributed by atoms with Crippen molar-refractivity contribution in [3.63, 3.8) is 0 Å². The summed E-state index contributed by atoms with van der Waals surface area (Å²) in [5.41, 5.74) is 4.81. The van der Waals surface area contributed by atoms with Crippen LogP contribution in [0, 0.1) is 0 Å². The van der Waals surface area contributed by atoms with Gasteiger partial charge in [-0.05, 0) is 35.4 Å². The first-order valence-electron chi connectivity index (χ1n) is 10.7. The second-order valence-corrected chi connectivity index (χ2v) is 7.75. The Bertz CT molecular complexity index is 1340. The SMILES string of the molecule is COc1cc([C@@H]2NC(=O)NC(c3ccccc3)=C2c2nc3ccccc3[nH]2)cc(OC)c1OC. The van der Waals surface area contributed by atoms with Crippen LogP contribution in [0.5, 0.6) is 17.2 Å². The van der Waals surface area contributed by atoms with Crippen LogP contribution in [0.4, 0.5) is 4.79 Å². The summed E-state index contributed by atoms with van der Waals surface area (Å²) >= 11 is 0. The number of H-pyrrole nitrogens is 1. The van der Waals surface area contributed by atoms with Crippen LogP contribution < -0.4 is 24.8 Å². The molecule has 8 nitrogen and oxygen atoms in total. The molecule has 0 bridgehead atoms. The van der Waals surface area contributed by atoms with Gasteiger partial charge >= 0.3 is 6.03 Å². The number of carbonyl (C=O) groups excluding carboxylic acids is 1. The van der Waals surface area contributed by atoms with E-state index in [0.717, 1.165) is 27.7 Å². The van der Waals surface area contributed by atoms with Gasteiger partial charge in [-0.3, -0.25) is 0 Å². The molecule has 0 unspecified atom stereocenters. The van der Waals surface area contributed by atoms with Gasteiger partial charge in [-0.25, -0.2) is 9.78 Å². The number of nitrogens with zero attached hydrogens (tertiary/aromatic N) is 1. The molecular weight excluding hydrogens is 432 g/mol. The van der Waals surface area contributed by atoms with Gasteiger partial charge in [0.05, 0.1) is 44.1 Å². The Morgan fingerprint density at radius 2 is 1.53 bits per heavy atom. The summed E-state index contributed by atoms with van der Waals surface area (Å²) in [6, 6.07) is 20.3. The maximum atomic E-state index is 12.8. The fourth-order valence-corrected chi connectivity index (χ4v) is 4.25. The average Bonchev–Trinajstić information content (AvgIpc) is 3.31. The van der Waals surface area contributed by atoms with Gasteiger partial charge in [-0.2, -0.15) is 0 Å². The normalized spacial score (nSPS) is 15.6. The molecule has 2 amide bonds. The molecular formula is C26H24N4O4. The van der Waals surface area contributed by atoms with Gasteiger partial charge in [-0.15, -0.1) is 0 Å². The summed E-state index contributed by atoms with van der Waals surface area (Å²) in [6.45, 7) is 0. The van der Waals surface area contributed by atoms with Crippen LogP contribution in [0.2, 0.25) is 0 Å². The van der Waals surface area contributed by atoms with E-state index >= 15 is 0 Å². The minimum Gasteiger partial charge on any atom is -0.493 e. The molecule has 0 saturated heterocycles. The van der Waals surface area contributed by atoms with Gasteiger partial charge in [0.1, 0.15) is 5.82 Å². The van der Waals surface area contributed by atoms with Gasteiger partial charge in [-0.1, -0.05) is 42.5 Å². The van der Waals surface area contributed by atoms with Crippen molar-refractivity contribution < 1.29 is 19.0 Å². The van der Waals surface area contributed by atoms with E-state index in [1.54, 1.807) is 21.3 Å². The van der Waals surface area contributed by atoms with Crippen molar-refractivity contribution in [3.05, 3.63) is 83.7 Å². The molecule has 0 radical (unpaired) electrons. The molecule has 1 atom stereocenters. The number of carbonyl (C=O) groups is 1. The Hall–Kier alpha value is -4.46. The first kappa shape index (κ1) is 21.4. The van der Waals surface area contributed by atoms with Crippen LogP contribution in [0.15, 0.2) is 66.7 Å². The van der Waals surface area contributed by atoms with E-state index in [9.17, 15) is 4.79 Å². The largest absolute Gasteiger partial charge is 0.493 e. The Morgan fingerprint density at radius 1 is 0.853 bits per heavy atom. The Labute approximate surface area is 196 Å². The standard InChI is InChI=1S/C26H24N4O4/c1-32-19-13-16(14-20(33-2)24(19)34-3)23-21(25-27-17-11-7-8-12-18(17)28-25)22(29-26(31)30-23)15-9-5-4-6-10-15/h4-14,23H,1-3H3,(H,27,28)(H2,29,30,31)/t23-/m0/s1. The summed E-state index contributed by atoms with van der Waals surface area (Å²) in [5.74, 6) is 2.11. The zero-order chi connectivity index (χ0) is 23.7. The number of ether oxygens (including phenoxy) is 3. The summed E-state index contributed by atoms with van der Waals surface area (Å²) in [6.07, 6.45) is 0. The third-order valence-electron chi connectivity index (χ3n) is 5.80. The third-order valence-corrected chi connectivity index (χ3v) is 5.80. The summed E-state index contributed by atoms with van der Waals surface area (Å²) in [7, 11) is 4.68. The lowest BCUT2D eigenvalue weighted by Gasteiger charge is -2.30. The second kappa shape index (κ2) is 8.82. The highest BCUT2D eigenvalue weighted by molar-refractivity contribution is 6.02. The van der Waals surface area contributed by atoms with Crippen molar-refractivity contribution in [2.45, 2.75) is 6.04 Å². The average molecular weight is 457 g/mol. The van der Waals surface area contributed by atoms with Crippen LogP contribution in [-0.4, -0.2) is 37.3 Å². The zero-order valence-electron chi connectivity index (χ0n) is 19.0. The number of benzene rings is 3. The highest BCUT2D eigenvalue weighted by Crippen LogP contribution is 2.44. The predicted octanol–water partition coefficient (Wildman–Crippen LogP) is 4.51. The number of urea groups is 1. The molecule has 1 aromatic heterocycles. The number of rotatable bonds is 6. The van der Waals surface area contributed by atoms with E-state index in [4.69, 9.17) is 19.2 Å². The minimum atomic E-state index is -0.543. The molecule has 0 fully saturated rings. The summed E-state index contributed by atoms with van der Waals surface area (Å²) in [5, 5.41) is 6.03. The molecule has 8 heteroatoms. The van der Waals surface area contributed by atoms with Gasteiger partial charge in [0.2, 0.25) is 5.75 Å². The zero-order valence-corrected chi connectivity index (χ0v) is 19.0. The number of aromatic amines is 1. The van der Waals surface area contributed by atoms with E-state index in [0.29, 0.717) is 28.8 Å². The molecule has 172 valence electrons. The Balaban J connectivity index is 1.78. The Kier molecular flexibility index (Phi) is 5.55. The van der Waals surface area contributed by atoms with E-state index in [-0.39, 0.29) is 6.03 Å². The molecule has 0 spiro atoms. The number of aromatic nitrogens is 2. The van der Waals surface area contributed by atoms with Crippen LogP contribution in [0.1, 0.15) is 23.0 Å². The molecule has 3 N–H and O–H groups in total.